The quantitative estimate of drug-likeness (QED) is 0.863. The van der Waals surface area contributed by atoms with Gasteiger partial charge in [0.25, 0.3) is 5.91 Å². The highest BCUT2D eigenvalue weighted by Gasteiger charge is 2.22. The molecule has 3 rings (SSSR count). The van der Waals surface area contributed by atoms with Crippen molar-refractivity contribution in [2.24, 2.45) is 0 Å². The minimum atomic E-state index is -0.553. The average Bonchev–Trinajstić information content (AvgIpc) is 3.11. The summed E-state index contributed by atoms with van der Waals surface area (Å²) >= 11 is 1.59. The molecule has 0 unspecified atom stereocenters. The minimum absolute atomic E-state index is 0.216. The molecule has 0 saturated carbocycles. The number of rotatable bonds is 3. The maximum atomic E-state index is 12.3. The summed E-state index contributed by atoms with van der Waals surface area (Å²) in [5.74, 6) is 0.331. The van der Waals surface area contributed by atoms with E-state index in [0.29, 0.717) is 5.95 Å². The molecule has 8 heteroatoms. The number of fused-ring (bicyclic) bond motifs is 1. The van der Waals surface area contributed by atoms with Crippen molar-refractivity contribution in [2.75, 3.05) is 18.2 Å². The fourth-order valence-electron chi connectivity index (χ4n) is 2.06. The lowest BCUT2D eigenvalue weighted by Crippen LogP contribution is -2.19. The van der Waals surface area contributed by atoms with E-state index < -0.39 is 11.9 Å². The summed E-state index contributed by atoms with van der Waals surface area (Å²) in [7, 11) is 1.28. The Morgan fingerprint density at radius 2 is 2.05 bits per heavy atom. The Labute approximate surface area is 124 Å². The van der Waals surface area contributed by atoms with Crippen LogP contribution in [0.3, 0.4) is 0 Å². The van der Waals surface area contributed by atoms with Gasteiger partial charge in [-0.3, -0.25) is 14.7 Å². The van der Waals surface area contributed by atoms with Gasteiger partial charge in [-0.15, -0.1) is 10.2 Å². The van der Waals surface area contributed by atoms with Gasteiger partial charge in [-0.05, 0) is 12.1 Å². The van der Waals surface area contributed by atoms with Crippen LogP contribution in [0.15, 0.2) is 29.4 Å². The normalized spacial score (nSPS) is 12.8. The number of ether oxygens (including phenoxy) is 1. The molecule has 0 bridgehead atoms. The van der Waals surface area contributed by atoms with E-state index in [9.17, 15) is 9.59 Å². The molecular formula is C13H12N4O3S. The standard InChI is InChI=1S/C13H12N4O3S/c1-20-11(19)9-5-3-2-4-8(9)10(18)14-12-15-16-13-17(12)6-7-21-13/h2-5H,6-7H2,1H3,(H,14,15,18). The van der Waals surface area contributed by atoms with Crippen molar-refractivity contribution in [3.05, 3.63) is 35.4 Å². The van der Waals surface area contributed by atoms with Gasteiger partial charge in [-0.1, -0.05) is 23.9 Å². The van der Waals surface area contributed by atoms with Crippen LogP contribution < -0.4 is 5.32 Å². The van der Waals surface area contributed by atoms with Gasteiger partial charge in [-0.2, -0.15) is 0 Å². The van der Waals surface area contributed by atoms with E-state index in [2.05, 4.69) is 20.3 Å². The van der Waals surface area contributed by atoms with Crippen LogP contribution in [0, 0.1) is 0 Å². The molecule has 1 aromatic heterocycles. The molecule has 0 atom stereocenters. The van der Waals surface area contributed by atoms with Crippen LogP contribution in [-0.4, -0.2) is 39.5 Å². The van der Waals surface area contributed by atoms with Gasteiger partial charge in [-0.25, -0.2) is 4.79 Å². The largest absolute Gasteiger partial charge is 0.465 e. The van der Waals surface area contributed by atoms with Crippen molar-refractivity contribution >= 4 is 29.6 Å². The number of hydrogen-bond donors (Lipinski definition) is 1. The van der Waals surface area contributed by atoms with Crippen LogP contribution in [0.1, 0.15) is 20.7 Å². The molecule has 108 valence electrons. The lowest BCUT2D eigenvalue weighted by Gasteiger charge is -2.08. The highest BCUT2D eigenvalue weighted by atomic mass is 32.2. The number of methoxy groups -OCH3 is 1. The van der Waals surface area contributed by atoms with Crippen molar-refractivity contribution in [3.8, 4) is 0 Å². The third kappa shape index (κ3) is 2.49. The number of nitrogens with zero attached hydrogens (tertiary/aromatic N) is 3. The van der Waals surface area contributed by atoms with Crippen molar-refractivity contribution < 1.29 is 14.3 Å². The van der Waals surface area contributed by atoms with E-state index in [-0.39, 0.29) is 11.1 Å². The first-order valence-corrected chi connectivity index (χ1v) is 7.24. The van der Waals surface area contributed by atoms with Crippen LogP contribution in [-0.2, 0) is 11.3 Å². The third-order valence-corrected chi connectivity index (χ3v) is 4.01. The Morgan fingerprint density at radius 3 is 2.81 bits per heavy atom. The van der Waals surface area contributed by atoms with E-state index in [1.165, 1.54) is 7.11 Å². The van der Waals surface area contributed by atoms with Crippen LogP contribution in [0.4, 0.5) is 5.95 Å². The lowest BCUT2D eigenvalue weighted by atomic mass is 10.1. The number of amides is 1. The highest BCUT2D eigenvalue weighted by molar-refractivity contribution is 7.99. The highest BCUT2D eigenvalue weighted by Crippen LogP contribution is 2.26. The molecule has 2 aromatic rings. The van der Waals surface area contributed by atoms with Gasteiger partial charge in [0, 0.05) is 12.3 Å². The van der Waals surface area contributed by atoms with Gasteiger partial charge >= 0.3 is 5.97 Å². The third-order valence-electron chi connectivity index (χ3n) is 3.07. The number of anilines is 1. The van der Waals surface area contributed by atoms with E-state index in [1.54, 1.807) is 36.0 Å². The first-order valence-electron chi connectivity index (χ1n) is 6.25. The zero-order valence-electron chi connectivity index (χ0n) is 11.2. The Balaban J connectivity index is 1.87. The van der Waals surface area contributed by atoms with Crippen molar-refractivity contribution in [1.29, 1.82) is 0 Å². The zero-order chi connectivity index (χ0) is 14.8. The Kier molecular flexibility index (Phi) is 3.61. The molecule has 1 N–H and O–H groups in total. The number of carbonyl (C=O) groups excluding carboxylic acids is 2. The summed E-state index contributed by atoms with van der Waals surface area (Å²) in [5.41, 5.74) is 0.459. The fourth-order valence-corrected chi connectivity index (χ4v) is 2.94. The van der Waals surface area contributed by atoms with Crippen LogP contribution in [0.5, 0.6) is 0 Å². The zero-order valence-corrected chi connectivity index (χ0v) is 12.0. The Bertz CT molecular complexity index is 713. The number of nitrogens with one attached hydrogen (secondary N) is 1. The molecule has 0 spiro atoms. The number of carbonyl (C=O) groups is 2. The number of esters is 1. The average molecular weight is 304 g/mol. The summed E-state index contributed by atoms with van der Waals surface area (Å²) in [6, 6.07) is 6.47. The van der Waals surface area contributed by atoms with E-state index in [4.69, 9.17) is 0 Å². The molecule has 1 aromatic carbocycles. The first-order chi connectivity index (χ1) is 10.2. The van der Waals surface area contributed by atoms with Crippen LogP contribution >= 0.6 is 11.8 Å². The molecular weight excluding hydrogens is 292 g/mol. The van der Waals surface area contributed by atoms with Gasteiger partial charge in [0.15, 0.2) is 5.16 Å². The maximum absolute atomic E-state index is 12.3. The second-order valence-corrected chi connectivity index (χ2v) is 5.36. The maximum Gasteiger partial charge on any atom is 0.338 e. The molecule has 0 saturated heterocycles. The smallest absolute Gasteiger partial charge is 0.338 e. The Hall–Kier alpha value is -2.35. The molecule has 1 aliphatic heterocycles. The first kappa shape index (κ1) is 13.6. The van der Waals surface area contributed by atoms with Gasteiger partial charge < -0.3 is 4.74 Å². The second kappa shape index (κ2) is 5.57. The lowest BCUT2D eigenvalue weighted by molar-refractivity contribution is 0.0597. The molecule has 0 aliphatic carbocycles. The minimum Gasteiger partial charge on any atom is -0.465 e. The molecule has 21 heavy (non-hydrogen) atoms. The second-order valence-electron chi connectivity index (χ2n) is 4.30. The summed E-state index contributed by atoms with van der Waals surface area (Å²) in [6.07, 6.45) is 0. The van der Waals surface area contributed by atoms with Crippen LogP contribution in [0.2, 0.25) is 0 Å². The molecule has 2 heterocycles. The number of thioether (sulfide) groups is 1. The van der Waals surface area contributed by atoms with Gasteiger partial charge in [0.05, 0.1) is 18.2 Å². The SMILES string of the molecule is COC(=O)c1ccccc1C(=O)Nc1nnc2n1CCS2. The fraction of sp³-hybridized carbons (Fsp3) is 0.231. The summed E-state index contributed by atoms with van der Waals surface area (Å²) in [6.45, 7) is 0.751. The summed E-state index contributed by atoms with van der Waals surface area (Å²) in [5, 5.41) is 11.4. The number of hydrogen-bond acceptors (Lipinski definition) is 6. The monoisotopic (exact) mass is 304 g/mol. The summed E-state index contributed by atoms with van der Waals surface area (Å²) < 4.78 is 6.52. The number of aromatic nitrogens is 3. The molecule has 0 radical (unpaired) electrons. The predicted molar refractivity (Wildman–Crippen MR) is 76.5 cm³/mol. The topological polar surface area (TPSA) is 86.1 Å². The Morgan fingerprint density at radius 1 is 1.29 bits per heavy atom. The van der Waals surface area contributed by atoms with Crippen LogP contribution in [0.25, 0.3) is 0 Å². The molecule has 7 nitrogen and oxygen atoms in total. The van der Waals surface area contributed by atoms with E-state index in [1.807, 2.05) is 4.57 Å². The number of benzene rings is 1. The van der Waals surface area contributed by atoms with Gasteiger partial charge in [0.2, 0.25) is 5.95 Å². The molecule has 1 amide bonds. The van der Waals surface area contributed by atoms with Gasteiger partial charge in [0.1, 0.15) is 0 Å². The van der Waals surface area contributed by atoms with Crippen molar-refractivity contribution in [3.63, 3.8) is 0 Å². The molecule has 0 fully saturated rings. The molecule has 1 aliphatic rings. The predicted octanol–water partition coefficient (Wildman–Crippen LogP) is 1.42. The van der Waals surface area contributed by atoms with E-state index >= 15 is 0 Å². The summed E-state index contributed by atoms with van der Waals surface area (Å²) in [4.78, 5) is 24.0. The van der Waals surface area contributed by atoms with Crippen molar-refractivity contribution in [1.82, 2.24) is 14.8 Å². The van der Waals surface area contributed by atoms with E-state index in [0.717, 1.165) is 17.5 Å². The van der Waals surface area contributed by atoms with Crippen molar-refractivity contribution in [2.45, 2.75) is 11.7 Å².